The van der Waals surface area contributed by atoms with E-state index in [1.807, 2.05) is 4.90 Å². The fourth-order valence-electron chi connectivity index (χ4n) is 3.08. The number of nitrogens with zero attached hydrogens (tertiary/aromatic N) is 2. The molecule has 1 aliphatic heterocycles. The second kappa shape index (κ2) is 7.22. The van der Waals surface area contributed by atoms with Crippen LogP contribution in [0.25, 0.3) is 0 Å². The third kappa shape index (κ3) is 4.41. The van der Waals surface area contributed by atoms with Crippen molar-refractivity contribution in [2.24, 2.45) is 5.73 Å². The van der Waals surface area contributed by atoms with Crippen LogP contribution >= 0.6 is 0 Å². The van der Waals surface area contributed by atoms with Gasteiger partial charge in [-0.1, -0.05) is 19.3 Å². The summed E-state index contributed by atoms with van der Waals surface area (Å²) in [4.78, 5) is 28.3. The van der Waals surface area contributed by atoms with Gasteiger partial charge in [0.25, 0.3) is 0 Å². The van der Waals surface area contributed by atoms with E-state index in [0.29, 0.717) is 13.0 Å². The lowest BCUT2D eigenvalue weighted by Crippen LogP contribution is -2.55. The molecular formula is C15H28N4O2. The summed E-state index contributed by atoms with van der Waals surface area (Å²) in [6, 6.07) is 0. The standard InChI is InChI=1S/C15H28N4O2/c1-18-9-11-19(12-10-18)13(20)5-8-17-14(21)15(16)6-3-2-4-7-15/h2-12,16H2,1H3,(H,17,21). The van der Waals surface area contributed by atoms with Crippen molar-refractivity contribution >= 4 is 11.8 Å². The van der Waals surface area contributed by atoms with Gasteiger partial charge in [-0.15, -0.1) is 0 Å². The van der Waals surface area contributed by atoms with Gasteiger partial charge in [-0.05, 0) is 19.9 Å². The fraction of sp³-hybridized carbons (Fsp3) is 0.867. The first-order valence-electron chi connectivity index (χ1n) is 8.05. The zero-order chi connectivity index (χ0) is 15.3. The predicted molar refractivity (Wildman–Crippen MR) is 81.7 cm³/mol. The van der Waals surface area contributed by atoms with Crippen molar-refractivity contribution in [3.8, 4) is 0 Å². The van der Waals surface area contributed by atoms with Crippen LogP contribution in [0.15, 0.2) is 0 Å². The summed E-state index contributed by atoms with van der Waals surface area (Å²) < 4.78 is 0. The molecule has 0 spiro atoms. The lowest BCUT2D eigenvalue weighted by molar-refractivity contribution is -0.133. The molecule has 0 atom stereocenters. The highest BCUT2D eigenvalue weighted by Crippen LogP contribution is 2.25. The third-order valence-corrected chi connectivity index (χ3v) is 4.68. The maximum Gasteiger partial charge on any atom is 0.240 e. The Bertz CT molecular complexity index is 372. The second-order valence-electron chi connectivity index (χ2n) is 6.41. The van der Waals surface area contributed by atoms with Crippen LogP contribution in [-0.4, -0.2) is 66.9 Å². The quantitative estimate of drug-likeness (QED) is 0.761. The van der Waals surface area contributed by atoms with E-state index in [9.17, 15) is 9.59 Å². The molecule has 2 aliphatic rings. The molecule has 3 N–H and O–H groups in total. The topological polar surface area (TPSA) is 78.7 Å². The maximum atomic E-state index is 12.2. The minimum Gasteiger partial charge on any atom is -0.354 e. The summed E-state index contributed by atoms with van der Waals surface area (Å²) in [5.41, 5.74) is 5.45. The van der Waals surface area contributed by atoms with E-state index in [0.717, 1.165) is 58.3 Å². The molecular weight excluding hydrogens is 268 g/mol. The monoisotopic (exact) mass is 296 g/mol. The summed E-state index contributed by atoms with van der Waals surface area (Å²) in [6.07, 6.45) is 5.07. The van der Waals surface area contributed by atoms with E-state index in [-0.39, 0.29) is 11.8 Å². The van der Waals surface area contributed by atoms with Gasteiger partial charge >= 0.3 is 0 Å². The highest BCUT2D eigenvalue weighted by Gasteiger charge is 2.35. The van der Waals surface area contributed by atoms with Gasteiger partial charge in [-0.2, -0.15) is 0 Å². The first-order chi connectivity index (χ1) is 10.0. The first-order valence-corrected chi connectivity index (χ1v) is 8.05. The molecule has 21 heavy (non-hydrogen) atoms. The molecule has 1 heterocycles. The van der Waals surface area contributed by atoms with E-state index in [1.54, 1.807) is 0 Å². The second-order valence-corrected chi connectivity index (χ2v) is 6.41. The van der Waals surface area contributed by atoms with Crippen LogP contribution in [-0.2, 0) is 9.59 Å². The van der Waals surface area contributed by atoms with Gasteiger partial charge in [-0.3, -0.25) is 9.59 Å². The van der Waals surface area contributed by atoms with Gasteiger partial charge in [0.1, 0.15) is 0 Å². The molecule has 1 saturated carbocycles. The number of likely N-dealkylation sites (N-methyl/N-ethyl adjacent to an activating group) is 1. The third-order valence-electron chi connectivity index (χ3n) is 4.68. The Morgan fingerprint density at radius 1 is 1.10 bits per heavy atom. The normalized spacial score (nSPS) is 22.9. The van der Waals surface area contributed by atoms with Crippen molar-refractivity contribution in [1.82, 2.24) is 15.1 Å². The molecule has 0 radical (unpaired) electrons. The lowest BCUT2D eigenvalue weighted by Gasteiger charge is -2.33. The first kappa shape index (κ1) is 16.2. The zero-order valence-corrected chi connectivity index (χ0v) is 13.1. The van der Waals surface area contributed by atoms with Crippen molar-refractivity contribution in [2.75, 3.05) is 39.8 Å². The number of nitrogens with one attached hydrogen (secondary N) is 1. The van der Waals surface area contributed by atoms with Crippen LogP contribution in [0.5, 0.6) is 0 Å². The fourth-order valence-corrected chi connectivity index (χ4v) is 3.08. The van der Waals surface area contributed by atoms with Gasteiger partial charge in [0.05, 0.1) is 5.54 Å². The van der Waals surface area contributed by atoms with Crippen LogP contribution in [0.2, 0.25) is 0 Å². The largest absolute Gasteiger partial charge is 0.354 e. The van der Waals surface area contributed by atoms with Crippen LogP contribution in [0.1, 0.15) is 38.5 Å². The van der Waals surface area contributed by atoms with E-state index in [2.05, 4.69) is 17.3 Å². The number of piperazine rings is 1. The minimum absolute atomic E-state index is 0.0895. The minimum atomic E-state index is -0.713. The van der Waals surface area contributed by atoms with Gasteiger partial charge < -0.3 is 20.9 Å². The number of amides is 2. The van der Waals surface area contributed by atoms with Crippen molar-refractivity contribution < 1.29 is 9.59 Å². The SMILES string of the molecule is CN1CCN(C(=O)CCNC(=O)C2(N)CCCCC2)CC1. The molecule has 0 bridgehead atoms. The number of hydrogen-bond acceptors (Lipinski definition) is 4. The molecule has 2 fully saturated rings. The number of nitrogens with two attached hydrogens (primary N) is 1. The smallest absolute Gasteiger partial charge is 0.240 e. The molecule has 1 saturated heterocycles. The Labute approximate surface area is 127 Å². The molecule has 6 heteroatoms. The molecule has 2 rings (SSSR count). The summed E-state index contributed by atoms with van der Waals surface area (Å²) in [7, 11) is 2.06. The van der Waals surface area contributed by atoms with E-state index in [4.69, 9.17) is 5.73 Å². The summed E-state index contributed by atoms with van der Waals surface area (Å²) in [5, 5.41) is 2.85. The molecule has 0 aromatic rings. The average molecular weight is 296 g/mol. The van der Waals surface area contributed by atoms with E-state index in [1.165, 1.54) is 0 Å². The Morgan fingerprint density at radius 3 is 2.33 bits per heavy atom. The van der Waals surface area contributed by atoms with Gasteiger partial charge in [0.15, 0.2) is 0 Å². The summed E-state index contributed by atoms with van der Waals surface area (Å²) in [5.74, 6) is 0.0338. The molecule has 120 valence electrons. The molecule has 0 aromatic heterocycles. The van der Waals surface area contributed by atoms with Crippen molar-refractivity contribution in [2.45, 2.75) is 44.1 Å². The molecule has 0 aromatic carbocycles. The van der Waals surface area contributed by atoms with Gasteiger partial charge in [-0.25, -0.2) is 0 Å². The van der Waals surface area contributed by atoms with Crippen LogP contribution in [0.3, 0.4) is 0 Å². The van der Waals surface area contributed by atoms with Crippen LogP contribution < -0.4 is 11.1 Å². The van der Waals surface area contributed by atoms with Crippen molar-refractivity contribution in [3.63, 3.8) is 0 Å². The number of hydrogen-bond donors (Lipinski definition) is 2. The van der Waals surface area contributed by atoms with Gasteiger partial charge in [0, 0.05) is 39.1 Å². The zero-order valence-electron chi connectivity index (χ0n) is 13.1. The average Bonchev–Trinajstić information content (AvgIpc) is 2.48. The van der Waals surface area contributed by atoms with Crippen LogP contribution in [0, 0.1) is 0 Å². The van der Waals surface area contributed by atoms with Crippen molar-refractivity contribution in [3.05, 3.63) is 0 Å². The summed E-state index contributed by atoms with van der Waals surface area (Å²) >= 11 is 0. The maximum absolute atomic E-state index is 12.2. The molecule has 6 nitrogen and oxygen atoms in total. The molecule has 2 amide bonds. The van der Waals surface area contributed by atoms with E-state index >= 15 is 0 Å². The number of rotatable bonds is 4. The highest BCUT2D eigenvalue weighted by molar-refractivity contribution is 5.86. The van der Waals surface area contributed by atoms with Crippen molar-refractivity contribution in [1.29, 1.82) is 0 Å². The van der Waals surface area contributed by atoms with E-state index < -0.39 is 5.54 Å². The molecule has 0 unspecified atom stereocenters. The Morgan fingerprint density at radius 2 is 1.71 bits per heavy atom. The Kier molecular flexibility index (Phi) is 5.58. The van der Waals surface area contributed by atoms with Crippen LogP contribution in [0.4, 0.5) is 0 Å². The number of carbonyl (C=O) groups is 2. The van der Waals surface area contributed by atoms with Gasteiger partial charge in [0.2, 0.25) is 11.8 Å². The summed E-state index contributed by atoms with van der Waals surface area (Å²) in [6.45, 7) is 3.80. The highest BCUT2D eigenvalue weighted by atomic mass is 16.2. The predicted octanol–water partition coefficient (Wildman–Crippen LogP) is -0.0717. The Balaban J connectivity index is 1.68. The lowest BCUT2D eigenvalue weighted by atomic mass is 9.82. The Hall–Kier alpha value is -1.14. The molecule has 1 aliphatic carbocycles. The number of carbonyl (C=O) groups excluding carboxylic acids is 2.